The molecule has 0 aliphatic carbocycles. The molecule has 0 aromatic carbocycles. The number of hydrogen-bond acceptors (Lipinski definition) is 7. The molecule has 9 heteroatoms. The summed E-state index contributed by atoms with van der Waals surface area (Å²) in [7, 11) is 0. The minimum atomic E-state index is -0.222. The maximum atomic E-state index is 12.6. The maximum Gasteiger partial charge on any atom is 0.271 e. The zero-order chi connectivity index (χ0) is 17.1. The summed E-state index contributed by atoms with van der Waals surface area (Å²) in [6, 6.07) is 3.46. The second-order valence-electron chi connectivity index (χ2n) is 5.71. The first-order chi connectivity index (χ1) is 12.3. The number of ether oxygens (including phenoxy) is 2. The molecule has 25 heavy (non-hydrogen) atoms. The number of thiazole rings is 1. The van der Waals surface area contributed by atoms with Crippen molar-refractivity contribution in [3.8, 4) is 0 Å². The summed E-state index contributed by atoms with van der Waals surface area (Å²) in [6.45, 7) is 1.44. The van der Waals surface area contributed by atoms with Gasteiger partial charge >= 0.3 is 0 Å². The number of fused-ring (bicyclic) bond motifs is 1. The van der Waals surface area contributed by atoms with Crippen molar-refractivity contribution < 1.29 is 14.3 Å². The molecule has 3 aromatic rings. The average molecular weight is 359 g/mol. The van der Waals surface area contributed by atoms with E-state index in [1.165, 1.54) is 22.0 Å². The van der Waals surface area contributed by atoms with E-state index in [2.05, 4.69) is 20.4 Å². The Kier molecular flexibility index (Phi) is 4.68. The zero-order valence-corrected chi connectivity index (χ0v) is 14.2. The highest BCUT2D eigenvalue weighted by molar-refractivity contribution is 7.07. The predicted molar refractivity (Wildman–Crippen MR) is 90.4 cm³/mol. The second-order valence-corrected chi connectivity index (χ2v) is 6.43. The summed E-state index contributed by atoms with van der Waals surface area (Å²) >= 11 is 1.53. The third kappa shape index (κ3) is 3.53. The molecule has 1 aliphatic rings. The van der Waals surface area contributed by atoms with Gasteiger partial charge in [0.2, 0.25) is 0 Å². The molecule has 130 valence electrons. The molecule has 1 saturated heterocycles. The fraction of sp³-hybridized carbons (Fsp3) is 0.375. The molecule has 0 radical (unpaired) electrons. The Morgan fingerprint density at radius 2 is 2.44 bits per heavy atom. The standard InChI is InChI=1S/C16H17N5O3S/c22-16(13-6-17-15-2-1-4-19-21(13)15)20-12-3-5-23-8-14(12)24-7-11-9-25-10-18-11/h1-2,4,6,9-10,12,14H,3,5,7-8H2,(H,20,22)/t12-,14-/m1/s1. The molecule has 1 aliphatic heterocycles. The highest BCUT2D eigenvalue weighted by Crippen LogP contribution is 2.15. The summed E-state index contributed by atoms with van der Waals surface area (Å²) in [6.07, 6.45) is 3.63. The van der Waals surface area contributed by atoms with Crippen LogP contribution in [0.15, 0.2) is 35.4 Å². The van der Waals surface area contributed by atoms with E-state index in [0.717, 1.165) is 5.69 Å². The van der Waals surface area contributed by atoms with Gasteiger partial charge in [-0.3, -0.25) is 4.79 Å². The van der Waals surface area contributed by atoms with Crippen LogP contribution < -0.4 is 5.32 Å². The van der Waals surface area contributed by atoms with Crippen LogP contribution >= 0.6 is 11.3 Å². The fourth-order valence-electron chi connectivity index (χ4n) is 2.77. The van der Waals surface area contributed by atoms with Crippen molar-refractivity contribution in [1.82, 2.24) is 24.9 Å². The number of rotatable bonds is 5. The van der Waals surface area contributed by atoms with Crippen molar-refractivity contribution in [2.24, 2.45) is 0 Å². The Morgan fingerprint density at radius 1 is 1.48 bits per heavy atom. The maximum absolute atomic E-state index is 12.6. The molecule has 0 bridgehead atoms. The number of carbonyl (C=O) groups is 1. The van der Waals surface area contributed by atoms with Crippen LogP contribution in [0.4, 0.5) is 0 Å². The molecule has 4 heterocycles. The lowest BCUT2D eigenvalue weighted by molar-refractivity contribution is -0.0742. The molecule has 1 fully saturated rings. The number of carbonyl (C=O) groups excluding carboxylic acids is 1. The Morgan fingerprint density at radius 3 is 3.32 bits per heavy atom. The van der Waals surface area contributed by atoms with Crippen LogP contribution in [0.1, 0.15) is 22.6 Å². The van der Waals surface area contributed by atoms with Crippen LogP contribution in [0.3, 0.4) is 0 Å². The van der Waals surface area contributed by atoms with Gasteiger partial charge in [-0.25, -0.2) is 14.5 Å². The normalized spacial score (nSPS) is 20.6. The Balaban J connectivity index is 1.44. The number of aromatic nitrogens is 4. The van der Waals surface area contributed by atoms with Crippen LogP contribution in [-0.2, 0) is 16.1 Å². The highest BCUT2D eigenvalue weighted by atomic mass is 32.1. The van der Waals surface area contributed by atoms with E-state index in [1.54, 1.807) is 23.8 Å². The van der Waals surface area contributed by atoms with Crippen molar-refractivity contribution in [1.29, 1.82) is 0 Å². The van der Waals surface area contributed by atoms with Gasteiger partial charge in [-0.1, -0.05) is 0 Å². The number of imidazole rings is 1. The van der Waals surface area contributed by atoms with Crippen molar-refractivity contribution in [2.45, 2.75) is 25.2 Å². The lowest BCUT2D eigenvalue weighted by atomic mass is 10.1. The SMILES string of the molecule is O=C(N[C@@H]1CCOC[C@H]1OCc1cscn1)c1cnc2cccnn12. The molecule has 1 amide bonds. The highest BCUT2D eigenvalue weighted by Gasteiger charge is 2.29. The van der Waals surface area contributed by atoms with Gasteiger partial charge in [0.15, 0.2) is 5.65 Å². The van der Waals surface area contributed by atoms with E-state index in [1.807, 2.05) is 5.38 Å². The van der Waals surface area contributed by atoms with E-state index in [-0.39, 0.29) is 18.1 Å². The summed E-state index contributed by atoms with van der Waals surface area (Å²) in [5.74, 6) is -0.222. The van der Waals surface area contributed by atoms with Gasteiger partial charge in [0.25, 0.3) is 5.91 Å². The van der Waals surface area contributed by atoms with E-state index in [4.69, 9.17) is 9.47 Å². The Bertz CT molecular complexity index is 850. The van der Waals surface area contributed by atoms with Gasteiger partial charge in [0.1, 0.15) is 11.8 Å². The van der Waals surface area contributed by atoms with E-state index in [0.29, 0.717) is 37.6 Å². The molecule has 1 N–H and O–H groups in total. The molecule has 4 rings (SSSR count). The first kappa shape index (κ1) is 16.1. The molecule has 0 unspecified atom stereocenters. The van der Waals surface area contributed by atoms with Crippen molar-refractivity contribution in [3.05, 3.63) is 46.8 Å². The first-order valence-corrected chi connectivity index (χ1v) is 8.91. The summed E-state index contributed by atoms with van der Waals surface area (Å²) in [5, 5.41) is 9.15. The zero-order valence-electron chi connectivity index (χ0n) is 13.4. The van der Waals surface area contributed by atoms with Gasteiger partial charge < -0.3 is 14.8 Å². The van der Waals surface area contributed by atoms with E-state index < -0.39 is 0 Å². The van der Waals surface area contributed by atoms with Crippen molar-refractivity contribution >= 4 is 22.9 Å². The molecule has 8 nitrogen and oxygen atoms in total. The summed E-state index contributed by atoms with van der Waals surface area (Å²) in [5.41, 5.74) is 3.69. The molecule has 2 atom stereocenters. The number of nitrogens with zero attached hydrogens (tertiary/aromatic N) is 4. The predicted octanol–water partition coefficient (Wildman–Crippen LogP) is 1.29. The second kappa shape index (κ2) is 7.26. The first-order valence-electron chi connectivity index (χ1n) is 7.97. The largest absolute Gasteiger partial charge is 0.379 e. The smallest absolute Gasteiger partial charge is 0.271 e. The monoisotopic (exact) mass is 359 g/mol. The average Bonchev–Trinajstić information content (AvgIpc) is 3.30. The van der Waals surface area contributed by atoms with E-state index >= 15 is 0 Å². The van der Waals surface area contributed by atoms with Gasteiger partial charge in [0, 0.05) is 18.2 Å². The molecular formula is C16H17N5O3S. The van der Waals surface area contributed by atoms with Gasteiger partial charge in [-0.05, 0) is 18.6 Å². The quantitative estimate of drug-likeness (QED) is 0.738. The molecule has 0 spiro atoms. The lowest BCUT2D eigenvalue weighted by Gasteiger charge is -2.31. The van der Waals surface area contributed by atoms with Crippen LogP contribution in [0, 0.1) is 0 Å². The fourth-order valence-corrected chi connectivity index (χ4v) is 3.31. The lowest BCUT2D eigenvalue weighted by Crippen LogP contribution is -2.50. The molecular weight excluding hydrogens is 342 g/mol. The minimum Gasteiger partial charge on any atom is -0.379 e. The van der Waals surface area contributed by atoms with Gasteiger partial charge in [-0.2, -0.15) is 5.10 Å². The molecule has 3 aromatic heterocycles. The summed E-state index contributed by atoms with van der Waals surface area (Å²) < 4.78 is 12.9. The summed E-state index contributed by atoms with van der Waals surface area (Å²) in [4.78, 5) is 21.1. The number of hydrogen-bond donors (Lipinski definition) is 1. The van der Waals surface area contributed by atoms with Crippen LogP contribution in [0.2, 0.25) is 0 Å². The Hall–Kier alpha value is -2.36. The number of nitrogens with one attached hydrogen (secondary N) is 1. The van der Waals surface area contributed by atoms with Crippen molar-refractivity contribution in [3.63, 3.8) is 0 Å². The van der Waals surface area contributed by atoms with Crippen LogP contribution in [0.5, 0.6) is 0 Å². The van der Waals surface area contributed by atoms with E-state index in [9.17, 15) is 4.79 Å². The molecule has 0 saturated carbocycles. The third-order valence-corrected chi connectivity index (χ3v) is 4.70. The van der Waals surface area contributed by atoms with Gasteiger partial charge in [0.05, 0.1) is 36.7 Å². The van der Waals surface area contributed by atoms with Crippen molar-refractivity contribution in [2.75, 3.05) is 13.2 Å². The topological polar surface area (TPSA) is 90.6 Å². The number of amides is 1. The van der Waals surface area contributed by atoms with Crippen LogP contribution in [0.25, 0.3) is 5.65 Å². The van der Waals surface area contributed by atoms with Crippen LogP contribution in [-0.4, -0.2) is 50.8 Å². The van der Waals surface area contributed by atoms with Gasteiger partial charge in [-0.15, -0.1) is 11.3 Å². The third-order valence-electron chi connectivity index (χ3n) is 4.06. The Labute approximate surface area is 147 Å². The minimum absolute atomic E-state index is 0.130.